The summed E-state index contributed by atoms with van der Waals surface area (Å²) in [6.07, 6.45) is 0.860. The molecule has 0 aromatic heterocycles. The predicted octanol–water partition coefficient (Wildman–Crippen LogP) is 3.12. The molecule has 0 bridgehead atoms. The van der Waals surface area contributed by atoms with E-state index in [9.17, 15) is 0 Å². The van der Waals surface area contributed by atoms with E-state index in [1.54, 1.807) is 0 Å². The fourth-order valence-electron chi connectivity index (χ4n) is 1.74. The molecule has 0 aliphatic carbocycles. The molecule has 90 valence electrons. The van der Waals surface area contributed by atoms with Gasteiger partial charge in [-0.1, -0.05) is 6.07 Å². The van der Waals surface area contributed by atoms with E-state index in [2.05, 4.69) is 46.8 Å². The third kappa shape index (κ3) is 3.24. The number of rotatable bonds is 4. The zero-order valence-corrected chi connectivity index (χ0v) is 11.1. The zero-order valence-electron chi connectivity index (χ0n) is 11.1. The van der Waals surface area contributed by atoms with Crippen LogP contribution in [0.15, 0.2) is 12.1 Å². The monoisotopic (exact) mass is 221 g/mol. The molecular weight excluding hydrogens is 198 g/mol. The first kappa shape index (κ1) is 13.0. The Bertz CT molecular complexity index is 369. The van der Waals surface area contributed by atoms with Crippen LogP contribution in [-0.4, -0.2) is 12.1 Å². The van der Waals surface area contributed by atoms with Crippen molar-refractivity contribution < 1.29 is 4.74 Å². The maximum atomic E-state index is 6.03. The van der Waals surface area contributed by atoms with Crippen molar-refractivity contribution in [1.82, 2.24) is 0 Å². The topological polar surface area (TPSA) is 35.2 Å². The molecule has 0 spiro atoms. The summed E-state index contributed by atoms with van der Waals surface area (Å²) in [6, 6.07) is 4.28. The van der Waals surface area contributed by atoms with Gasteiger partial charge in [0.2, 0.25) is 0 Å². The highest BCUT2D eigenvalue weighted by atomic mass is 16.5. The number of aryl methyl sites for hydroxylation is 3. The Morgan fingerprint density at radius 3 is 2.19 bits per heavy atom. The summed E-state index contributed by atoms with van der Waals surface area (Å²) in [5, 5.41) is 0. The third-order valence-electron chi connectivity index (χ3n) is 2.92. The number of hydrogen-bond acceptors (Lipinski definition) is 2. The molecule has 0 aliphatic rings. The average molecular weight is 221 g/mol. The van der Waals surface area contributed by atoms with Gasteiger partial charge in [-0.15, -0.1) is 0 Å². The Kier molecular flexibility index (Phi) is 3.98. The summed E-state index contributed by atoms with van der Waals surface area (Å²) in [5.74, 6) is 0.974. The number of ether oxygens (including phenoxy) is 1. The summed E-state index contributed by atoms with van der Waals surface area (Å²) in [5.41, 5.74) is 9.15. The van der Waals surface area contributed by atoms with Crippen LogP contribution >= 0.6 is 0 Å². The lowest BCUT2D eigenvalue weighted by Gasteiger charge is -2.27. The summed E-state index contributed by atoms with van der Waals surface area (Å²) in [7, 11) is 0. The van der Waals surface area contributed by atoms with Gasteiger partial charge in [-0.05, 0) is 70.3 Å². The normalized spacial score (nSPS) is 11.6. The largest absolute Gasteiger partial charge is 0.488 e. The molecule has 0 aliphatic heterocycles. The lowest BCUT2D eigenvalue weighted by atomic mass is 10.0. The van der Waals surface area contributed by atoms with Crippen LogP contribution in [0.5, 0.6) is 5.75 Å². The van der Waals surface area contributed by atoms with Crippen LogP contribution in [0.3, 0.4) is 0 Å². The fraction of sp³-hybridized carbons (Fsp3) is 0.571. The summed E-state index contributed by atoms with van der Waals surface area (Å²) >= 11 is 0. The molecule has 0 radical (unpaired) electrons. The van der Waals surface area contributed by atoms with E-state index >= 15 is 0 Å². The second-order valence-electron chi connectivity index (χ2n) is 5.10. The van der Waals surface area contributed by atoms with Crippen molar-refractivity contribution in [3.63, 3.8) is 0 Å². The molecule has 16 heavy (non-hydrogen) atoms. The Labute approximate surface area is 98.8 Å². The molecule has 0 heterocycles. The minimum atomic E-state index is -0.193. The molecule has 2 nitrogen and oxygen atoms in total. The van der Waals surface area contributed by atoms with Gasteiger partial charge in [-0.3, -0.25) is 0 Å². The maximum absolute atomic E-state index is 6.03. The number of benzene rings is 1. The fourth-order valence-corrected chi connectivity index (χ4v) is 1.74. The van der Waals surface area contributed by atoms with Crippen LogP contribution in [0, 0.1) is 20.8 Å². The highest BCUT2D eigenvalue weighted by Gasteiger charge is 2.19. The van der Waals surface area contributed by atoms with E-state index in [0.717, 1.165) is 12.2 Å². The van der Waals surface area contributed by atoms with Gasteiger partial charge in [-0.25, -0.2) is 0 Å². The molecule has 2 N–H and O–H groups in total. The van der Waals surface area contributed by atoms with Gasteiger partial charge in [0.15, 0.2) is 0 Å². The Morgan fingerprint density at radius 2 is 1.62 bits per heavy atom. The molecule has 0 saturated carbocycles. The molecule has 0 fully saturated rings. The van der Waals surface area contributed by atoms with E-state index in [1.807, 2.05) is 0 Å². The van der Waals surface area contributed by atoms with Crippen LogP contribution in [0.2, 0.25) is 0 Å². The van der Waals surface area contributed by atoms with Crippen LogP contribution in [0.1, 0.15) is 37.0 Å². The van der Waals surface area contributed by atoms with Crippen LogP contribution < -0.4 is 10.5 Å². The number of nitrogens with two attached hydrogens (primary N) is 1. The van der Waals surface area contributed by atoms with Crippen LogP contribution in [0.4, 0.5) is 0 Å². The lowest BCUT2D eigenvalue weighted by Crippen LogP contribution is -2.31. The van der Waals surface area contributed by atoms with Gasteiger partial charge in [0.05, 0.1) is 0 Å². The van der Waals surface area contributed by atoms with E-state index in [0.29, 0.717) is 6.54 Å². The quantitative estimate of drug-likeness (QED) is 0.848. The van der Waals surface area contributed by atoms with Crippen molar-refractivity contribution in [2.24, 2.45) is 5.73 Å². The lowest BCUT2D eigenvalue weighted by molar-refractivity contribution is 0.101. The maximum Gasteiger partial charge on any atom is 0.123 e. The number of hydrogen-bond donors (Lipinski definition) is 1. The Balaban J connectivity index is 2.93. The van der Waals surface area contributed by atoms with Crippen molar-refractivity contribution in [3.05, 3.63) is 28.8 Å². The first-order chi connectivity index (χ1) is 7.35. The van der Waals surface area contributed by atoms with Crippen molar-refractivity contribution >= 4 is 0 Å². The average Bonchev–Trinajstić information content (AvgIpc) is 2.13. The molecule has 1 rings (SSSR count). The first-order valence-corrected chi connectivity index (χ1v) is 5.82. The van der Waals surface area contributed by atoms with Crippen molar-refractivity contribution in [3.8, 4) is 5.75 Å². The van der Waals surface area contributed by atoms with Crippen LogP contribution in [0.25, 0.3) is 0 Å². The second kappa shape index (κ2) is 4.88. The van der Waals surface area contributed by atoms with E-state index < -0.39 is 0 Å². The molecule has 0 unspecified atom stereocenters. The molecule has 0 saturated heterocycles. The van der Waals surface area contributed by atoms with Crippen molar-refractivity contribution in [2.75, 3.05) is 6.54 Å². The van der Waals surface area contributed by atoms with Crippen LogP contribution in [-0.2, 0) is 0 Å². The zero-order chi connectivity index (χ0) is 12.3. The van der Waals surface area contributed by atoms with Gasteiger partial charge in [-0.2, -0.15) is 0 Å². The van der Waals surface area contributed by atoms with Gasteiger partial charge in [0, 0.05) is 0 Å². The first-order valence-electron chi connectivity index (χ1n) is 5.82. The SMILES string of the molecule is Cc1cc(C)c(OC(C)(C)CCN)cc1C. The van der Waals surface area contributed by atoms with E-state index in [1.165, 1.54) is 16.7 Å². The second-order valence-corrected chi connectivity index (χ2v) is 5.10. The van der Waals surface area contributed by atoms with Crippen molar-refractivity contribution in [1.29, 1.82) is 0 Å². The van der Waals surface area contributed by atoms with E-state index in [-0.39, 0.29) is 5.60 Å². The molecule has 1 aromatic carbocycles. The predicted molar refractivity (Wildman–Crippen MR) is 69.0 cm³/mol. The Hall–Kier alpha value is -1.02. The van der Waals surface area contributed by atoms with Gasteiger partial charge < -0.3 is 10.5 Å². The standard InChI is InChI=1S/C14H23NO/c1-10-8-12(3)13(9-11(10)2)16-14(4,5)6-7-15/h8-9H,6-7,15H2,1-5H3. The summed E-state index contributed by atoms with van der Waals surface area (Å²) in [6.45, 7) is 11.1. The van der Waals surface area contributed by atoms with E-state index in [4.69, 9.17) is 10.5 Å². The Morgan fingerprint density at radius 1 is 1.06 bits per heavy atom. The molecular formula is C14H23NO. The molecule has 2 heteroatoms. The molecule has 1 aromatic rings. The van der Waals surface area contributed by atoms with Crippen molar-refractivity contribution in [2.45, 2.75) is 46.6 Å². The van der Waals surface area contributed by atoms with Gasteiger partial charge in [0.25, 0.3) is 0 Å². The highest BCUT2D eigenvalue weighted by Crippen LogP contribution is 2.27. The summed E-state index contributed by atoms with van der Waals surface area (Å²) < 4.78 is 6.03. The van der Waals surface area contributed by atoms with Gasteiger partial charge >= 0.3 is 0 Å². The minimum Gasteiger partial charge on any atom is -0.488 e. The minimum absolute atomic E-state index is 0.193. The molecule has 0 atom stereocenters. The van der Waals surface area contributed by atoms with Gasteiger partial charge in [0.1, 0.15) is 11.4 Å². The smallest absolute Gasteiger partial charge is 0.123 e. The highest BCUT2D eigenvalue weighted by molar-refractivity contribution is 5.41. The molecule has 0 amide bonds. The third-order valence-corrected chi connectivity index (χ3v) is 2.92. The summed E-state index contributed by atoms with van der Waals surface area (Å²) in [4.78, 5) is 0.